The fourth-order valence-electron chi connectivity index (χ4n) is 1.89. The van der Waals surface area contributed by atoms with Crippen molar-refractivity contribution in [3.05, 3.63) is 28.3 Å². The molecule has 1 aromatic heterocycles. The van der Waals surface area contributed by atoms with Crippen molar-refractivity contribution in [3.63, 3.8) is 0 Å². The van der Waals surface area contributed by atoms with Crippen LogP contribution in [-0.2, 0) is 0 Å². The molecule has 1 aromatic carbocycles. The molecule has 0 spiro atoms. The Balaban J connectivity index is 1.97. The molecule has 2 aromatic rings. The zero-order valence-electron chi connectivity index (χ0n) is 10.7. The molecule has 0 atom stereocenters. The third kappa shape index (κ3) is 2.31. The van der Waals surface area contributed by atoms with Crippen LogP contribution in [0.3, 0.4) is 0 Å². The Kier molecular flexibility index (Phi) is 3.26. The van der Waals surface area contributed by atoms with Gasteiger partial charge in [-0.1, -0.05) is 6.07 Å². The number of hydrogen-bond acceptors (Lipinski definition) is 7. The van der Waals surface area contributed by atoms with Gasteiger partial charge in [-0.3, -0.25) is 10.1 Å². The molecule has 0 saturated heterocycles. The number of para-hydroxylation sites is 1. The van der Waals surface area contributed by atoms with E-state index in [9.17, 15) is 10.1 Å². The van der Waals surface area contributed by atoms with Gasteiger partial charge in [0.05, 0.1) is 15.9 Å². The second-order valence-electron chi connectivity index (χ2n) is 4.40. The Morgan fingerprint density at radius 2 is 2.30 bits per heavy atom. The standard InChI is InChI=1S/C11H12N6O2S/c1-12-8-3-2-4-9(10(8)17(18)19)20-11-13-14-15-16(11)7-5-6-7/h2-4,7,12H,5-6H2,1H3. The first kappa shape index (κ1) is 12.9. The number of nitrogens with one attached hydrogen (secondary N) is 1. The fraction of sp³-hybridized carbons (Fsp3) is 0.364. The molecule has 0 unspecified atom stereocenters. The van der Waals surface area contributed by atoms with Crippen LogP contribution in [0.15, 0.2) is 28.3 Å². The number of tetrazole rings is 1. The molecule has 1 heterocycles. The highest BCUT2D eigenvalue weighted by Crippen LogP contribution is 2.41. The van der Waals surface area contributed by atoms with Crippen molar-refractivity contribution in [2.75, 3.05) is 12.4 Å². The minimum atomic E-state index is -0.389. The molecular weight excluding hydrogens is 280 g/mol. The fourth-order valence-corrected chi connectivity index (χ4v) is 2.87. The quantitative estimate of drug-likeness (QED) is 0.665. The Bertz CT molecular complexity index is 654. The summed E-state index contributed by atoms with van der Waals surface area (Å²) < 4.78 is 1.74. The normalized spacial score (nSPS) is 14.2. The number of aromatic nitrogens is 4. The predicted octanol–water partition coefficient (Wildman–Crippen LogP) is 2.11. The SMILES string of the molecule is CNc1cccc(Sc2nnnn2C2CC2)c1[N+](=O)[O-]. The summed E-state index contributed by atoms with van der Waals surface area (Å²) in [5.41, 5.74) is 0.524. The average Bonchev–Trinajstić information content (AvgIpc) is 3.18. The minimum absolute atomic E-state index is 0.0466. The van der Waals surface area contributed by atoms with Gasteiger partial charge < -0.3 is 5.32 Å². The van der Waals surface area contributed by atoms with Gasteiger partial charge in [0, 0.05) is 7.05 Å². The van der Waals surface area contributed by atoms with Crippen molar-refractivity contribution >= 4 is 23.1 Å². The Hall–Kier alpha value is -2.16. The number of nitro groups is 1. The zero-order valence-corrected chi connectivity index (χ0v) is 11.5. The van der Waals surface area contributed by atoms with Crippen LogP contribution in [0.4, 0.5) is 11.4 Å². The number of nitro benzene ring substituents is 1. The lowest BCUT2D eigenvalue weighted by atomic mass is 10.3. The third-order valence-corrected chi connectivity index (χ3v) is 4.01. The zero-order chi connectivity index (χ0) is 14.1. The van der Waals surface area contributed by atoms with E-state index in [2.05, 4.69) is 20.8 Å². The molecule has 1 fully saturated rings. The highest BCUT2D eigenvalue weighted by atomic mass is 32.2. The Morgan fingerprint density at radius 3 is 2.95 bits per heavy atom. The van der Waals surface area contributed by atoms with E-state index < -0.39 is 0 Å². The second-order valence-corrected chi connectivity index (χ2v) is 5.41. The number of hydrogen-bond donors (Lipinski definition) is 1. The largest absolute Gasteiger partial charge is 0.383 e. The van der Waals surface area contributed by atoms with Crippen LogP contribution in [-0.4, -0.2) is 32.2 Å². The van der Waals surface area contributed by atoms with Gasteiger partial charge in [0.15, 0.2) is 0 Å². The lowest BCUT2D eigenvalue weighted by molar-refractivity contribution is -0.386. The van der Waals surface area contributed by atoms with E-state index in [1.165, 1.54) is 11.8 Å². The third-order valence-electron chi connectivity index (χ3n) is 3.01. The van der Waals surface area contributed by atoms with E-state index in [0.717, 1.165) is 12.8 Å². The van der Waals surface area contributed by atoms with Crippen LogP contribution in [0.2, 0.25) is 0 Å². The summed E-state index contributed by atoms with van der Waals surface area (Å²) in [5, 5.41) is 26.2. The molecule has 0 amide bonds. The van der Waals surface area contributed by atoms with Crippen molar-refractivity contribution < 1.29 is 4.92 Å². The summed E-state index contributed by atoms with van der Waals surface area (Å²) in [6, 6.07) is 5.48. The first-order valence-electron chi connectivity index (χ1n) is 6.11. The molecule has 0 radical (unpaired) electrons. The van der Waals surface area contributed by atoms with Gasteiger partial charge in [-0.25, -0.2) is 4.68 Å². The maximum Gasteiger partial charge on any atom is 0.306 e. The van der Waals surface area contributed by atoms with Crippen LogP contribution in [0.25, 0.3) is 0 Å². The molecule has 9 heteroatoms. The van der Waals surface area contributed by atoms with E-state index in [-0.39, 0.29) is 10.6 Å². The van der Waals surface area contributed by atoms with Gasteiger partial charge in [0.25, 0.3) is 0 Å². The molecule has 1 N–H and O–H groups in total. The average molecular weight is 292 g/mol. The highest BCUT2D eigenvalue weighted by molar-refractivity contribution is 7.99. The number of nitrogens with zero attached hydrogens (tertiary/aromatic N) is 5. The summed E-state index contributed by atoms with van der Waals surface area (Å²) in [7, 11) is 1.66. The lowest BCUT2D eigenvalue weighted by Gasteiger charge is -2.06. The van der Waals surface area contributed by atoms with Crippen LogP contribution in [0.5, 0.6) is 0 Å². The van der Waals surface area contributed by atoms with Crippen molar-refractivity contribution in [2.24, 2.45) is 0 Å². The number of benzene rings is 1. The van der Waals surface area contributed by atoms with Gasteiger partial charge in [0.2, 0.25) is 5.16 Å². The monoisotopic (exact) mass is 292 g/mol. The van der Waals surface area contributed by atoms with E-state index >= 15 is 0 Å². The molecule has 3 rings (SSSR count). The maximum absolute atomic E-state index is 11.3. The lowest BCUT2D eigenvalue weighted by Crippen LogP contribution is -2.01. The van der Waals surface area contributed by atoms with Crippen LogP contribution >= 0.6 is 11.8 Å². The summed E-state index contributed by atoms with van der Waals surface area (Å²) in [6.07, 6.45) is 2.11. The molecule has 104 valence electrons. The van der Waals surface area contributed by atoms with E-state index in [0.29, 0.717) is 21.8 Å². The van der Waals surface area contributed by atoms with Gasteiger partial charge in [-0.05, 0) is 47.2 Å². The summed E-state index contributed by atoms with van der Waals surface area (Å²) >= 11 is 1.22. The van der Waals surface area contributed by atoms with Crippen molar-refractivity contribution in [1.29, 1.82) is 0 Å². The molecular formula is C11H12N6O2S. The van der Waals surface area contributed by atoms with Crippen molar-refractivity contribution in [3.8, 4) is 0 Å². The van der Waals surface area contributed by atoms with Crippen LogP contribution in [0.1, 0.15) is 18.9 Å². The Morgan fingerprint density at radius 1 is 1.50 bits per heavy atom. The Labute approximate surface area is 118 Å². The van der Waals surface area contributed by atoms with Gasteiger partial charge in [0.1, 0.15) is 5.69 Å². The second kappa shape index (κ2) is 5.08. The molecule has 0 aliphatic heterocycles. The molecule has 20 heavy (non-hydrogen) atoms. The van der Waals surface area contributed by atoms with E-state index in [1.807, 2.05) is 0 Å². The number of rotatable bonds is 5. The summed E-state index contributed by atoms with van der Waals surface area (Å²) in [5.74, 6) is 0. The van der Waals surface area contributed by atoms with Crippen molar-refractivity contribution in [1.82, 2.24) is 20.2 Å². The first-order valence-corrected chi connectivity index (χ1v) is 6.93. The van der Waals surface area contributed by atoms with Gasteiger partial charge in [-0.15, -0.1) is 5.10 Å². The van der Waals surface area contributed by atoms with E-state index in [4.69, 9.17) is 0 Å². The topological polar surface area (TPSA) is 98.8 Å². The first-order chi connectivity index (χ1) is 9.70. The van der Waals surface area contributed by atoms with Gasteiger partial charge >= 0.3 is 5.69 Å². The molecule has 1 aliphatic carbocycles. The highest BCUT2D eigenvalue weighted by Gasteiger charge is 2.29. The smallest absolute Gasteiger partial charge is 0.306 e. The van der Waals surface area contributed by atoms with Crippen molar-refractivity contribution in [2.45, 2.75) is 28.9 Å². The van der Waals surface area contributed by atoms with Gasteiger partial charge in [-0.2, -0.15) is 0 Å². The molecule has 1 saturated carbocycles. The predicted molar refractivity (Wildman–Crippen MR) is 72.9 cm³/mol. The molecule has 8 nitrogen and oxygen atoms in total. The summed E-state index contributed by atoms with van der Waals surface area (Å²) in [6.45, 7) is 0. The maximum atomic E-state index is 11.3. The molecule has 0 bridgehead atoms. The summed E-state index contributed by atoms with van der Waals surface area (Å²) in [4.78, 5) is 11.4. The minimum Gasteiger partial charge on any atom is -0.383 e. The van der Waals surface area contributed by atoms with E-state index in [1.54, 1.807) is 29.9 Å². The molecule has 1 aliphatic rings. The number of anilines is 1. The van der Waals surface area contributed by atoms with Crippen LogP contribution < -0.4 is 5.32 Å². The van der Waals surface area contributed by atoms with Crippen LogP contribution in [0, 0.1) is 10.1 Å².